The lowest BCUT2D eigenvalue weighted by atomic mass is 10.2. The van der Waals surface area contributed by atoms with Crippen LogP contribution in [0.1, 0.15) is 24.3 Å². The average Bonchev–Trinajstić information content (AvgIpc) is 3.23. The van der Waals surface area contributed by atoms with Gasteiger partial charge in [0.1, 0.15) is 16.5 Å². The van der Waals surface area contributed by atoms with Gasteiger partial charge in [-0.3, -0.25) is 24.0 Å². The predicted octanol–water partition coefficient (Wildman–Crippen LogP) is 2.84. The number of rotatable bonds is 8. The number of aromatic nitrogens is 3. The number of nitrogens with zero attached hydrogens (tertiary/aromatic N) is 3. The monoisotopic (exact) mass is 477 g/mol. The van der Waals surface area contributed by atoms with Gasteiger partial charge < -0.3 is 10.5 Å². The van der Waals surface area contributed by atoms with E-state index in [1.165, 1.54) is 27.9 Å². The summed E-state index contributed by atoms with van der Waals surface area (Å²) >= 11 is 7.23. The average molecular weight is 478 g/mol. The summed E-state index contributed by atoms with van der Waals surface area (Å²) < 4.78 is 6.38. The number of amides is 1. The van der Waals surface area contributed by atoms with E-state index in [9.17, 15) is 14.4 Å². The van der Waals surface area contributed by atoms with E-state index in [-0.39, 0.29) is 42.8 Å². The Morgan fingerprint density at radius 2 is 2.00 bits per heavy atom. The number of hydrogen-bond donors (Lipinski definition) is 2. The molecule has 9 nitrogen and oxygen atoms in total. The molecule has 2 heterocycles. The van der Waals surface area contributed by atoms with Crippen LogP contribution in [0.3, 0.4) is 0 Å². The standard InChI is InChI=1S/C21H24ClN5O4S/c1-12(2)10-27-17(23)16(18(28)25-21(27)30)26(8-9-31-3)20(29)15-11-32-19(24-15)13-4-6-14(22)7-5-13/h4-7,11-12H,8-10,23H2,1-3H3,(H,25,28,30). The van der Waals surface area contributed by atoms with Crippen molar-refractivity contribution in [3.05, 3.63) is 61.2 Å². The second kappa shape index (κ2) is 10.1. The highest BCUT2D eigenvalue weighted by atomic mass is 35.5. The topological polar surface area (TPSA) is 123 Å². The van der Waals surface area contributed by atoms with Crippen molar-refractivity contribution < 1.29 is 9.53 Å². The van der Waals surface area contributed by atoms with Gasteiger partial charge in [-0.1, -0.05) is 37.6 Å². The third-order valence-electron chi connectivity index (χ3n) is 4.61. The molecule has 0 bridgehead atoms. The van der Waals surface area contributed by atoms with Crippen molar-refractivity contribution in [2.75, 3.05) is 30.9 Å². The molecule has 0 aliphatic carbocycles. The molecule has 0 radical (unpaired) electrons. The third-order valence-corrected chi connectivity index (χ3v) is 5.75. The quantitative estimate of drug-likeness (QED) is 0.514. The molecule has 11 heteroatoms. The van der Waals surface area contributed by atoms with Gasteiger partial charge in [0.05, 0.1) is 6.61 Å². The van der Waals surface area contributed by atoms with Crippen LogP contribution in [0.15, 0.2) is 39.2 Å². The normalized spacial score (nSPS) is 11.2. The minimum atomic E-state index is -0.745. The Hall–Kier alpha value is -2.95. The first-order valence-electron chi connectivity index (χ1n) is 9.87. The van der Waals surface area contributed by atoms with Crippen molar-refractivity contribution in [2.45, 2.75) is 20.4 Å². The smallest absolute Gasteiger partial charge is 0.330 e. The van der Waals surface area contributed by atoms with Gasteiger partial charge in [0, 0.05) is 36.2 Å². The van der Waals surface area contributed by atoms with E-state index in [0.717, 1.165) is 5.56 Å². The zero-order valence-electron chi connectivity index (χ0n) is 17.9. The fourth-order valence-electron chi connectivity index (χ4n) is 3.12. The second-order valence-electron chi connectivity index (χ2n) is 7.49. The van der Waals surface area contributed by atoms with Gasteiger partial charge in [-0.25, -0.2) is 9.78 Å². The molecule has 32 heavy (non-hydrogen) atoms. The Morgan fingerprint density at radius 3 is 2.62 bits per heavy atom. The van der Waals surface area contributed by atoms with E-state index < -0.39 is 17.2 Å². The molecular weight excluding hydrogens is 454 g/mol. The number of nitrogen functional groups attached to an aromatic ring is 1. The van der Waals surface area contributed by atoms with E-state index in [2.05, 4.69) is 9.97 Å². The fraction of sp³-hybridized carbons (Fsp3) is 0.333. The molecule has 0 unspecified atom stereocenters. The number of thiazole rings is 1. The van der Waals surface area contributed by atoms with E-state index in [1.807, 2.05) is 26.0 Å². The van der Waals surface area contributed by atoms with E-state index in [4.69, 9.17) is 22.1 Å². The zero-order valence-corrected chi connectivity index (χ0v) is 19.5. The number of halogens is 1. The maximum Gasteiger partial charge on any atom is 0.330 e. The van der Waals surface area contributed by atoms with Crippen LogP contribution in [0.4, 0.5) is 11.5 Å². The van der Waals surface area contributed by atoms with Gasteiger partial charge in [0.2, 0.25) is 0 Å². The van der Waals surface area contributed by atoms with Crippen molar-refractivity contribution in [1.29, 1.82) is 0 Å². The minimum absolute atomic E-state index is 0.0519. The lowest BCUT2D eigenvalue weighted by Gasteiger charge is -2.24. The van der Waals surface area contributed by atoms with Gasteiger partial charge in [-0.15, -0.1) is 11.3 Å². The van der Waals surface area contributed by atoms with Crippen molar-refractivity contribution in [3.8, 4) is 10.6 Å². The van der Waals surface area contributed by atoms with Gasteiger partial charge in [0.15, 0.2) is 5.69 Å². The summed E-state index contributed by atoms with van der Waals surface area (Å²) in [5, 5.41) is 2.84. The Kier molecular flexibility index (Phi) is 7.49. The number of H-pyrrole nitrogens is 1. The number of anilines is 2. The number of carbonyl (C=O) groups is 1. The molecule has 3 aromatic rings. The van der Waals surface area contributed by atoms with Gasteiger partial charge in [-0.05, 0) is 18.1 Å². The molecule has 2 aromatic heterocycles. The maximum absolute atomic E-state index is 13.4. The molecule has 0 saturated carbocycles. The van der Waals surface area contributed by atoms with Crippen molar-refractivity contribution in [2.24, 2.45) is 5.92 Å². The fourth-order valence-corrected chi connectivity index (χ4v) is 4.04. The number of ether oxygens (including phenoxy) is 1. The maximum atomic E-state index is 13.4. The number of nitrogens with two attached hydrogens (primary N) is 1. The molecule has 1 aromatic carbocycles. The number of benzene rings is 1. The second-order valence-corrected chi connectivity index (χ2v) is 8.79. The van der Waals surface area contributed by atoms with Crippen LogP contribution < -0.4 is 21.9 Å². The highest BCUT2D eigenvalue weighted by Crippen LogP contribution is 2.27. The van der Waals surface area contributed by atoms with Gasteiger partial charge in [0.25, 0.3) is 11.5 Å². The van der Waals surface area contributed by atoms with Crippen LogP contribution in [0, 0.1) is 5.92 Å². The molecule has 0 aliphatic heterocycles. The summed E-state index contributed by atoms with van der Waals surface area (Å²) in [7, 11) is 1.48. The predicted molar refractivity (Wildman–Crippen MR) is 127 cm³/mol. The highest BCUT2D eigenvalue weighted by Gasteiger charge is 2.27. The van der Waals surface area contributed by atoms with Crippen molar-refractivity contribution in [1.82, 2.24) is 14.5 Å². The SMILES string of the molecule is COCCN(C(=O)c1csc(-c2ccc(Cl)cc2)n1)c1c(N)n(CC(C)C)c(=O)[nH]c1=O. The summed E-state index contributed by atoms with van der Waals surface area (Å²) in [5.41, 5.74) is 5.70. The molecular formula is C21H24ClN5O4S. The molecule has 0 saturated heterocycles. The van der Waals surface area contributed by atoms with Crippen LogP contribution in [0.25, 0.3) is 10.6 Å². The molecule has 3 N–H and O–H groups in total. The Labute approximate surface area is 193 Å². The molecule has 1 amide bonds. The van der Waals surface area contributed by atoms with Crippen molar-refractivity contribution in [3.63, 3.8) is 0 Å². The first-order valence-corrected chi connectivity index (χ1v) is 11.1. The zero-order chi connectivity index (χ0) is 23.4. The first-order chi connectivity index (χ1) is 15.2. The van der Waals surface area contributed by atoms with E-state index in [1.54, 1.807) is 17.5 Å². The van der Waals surface area contributed by atoms with Gasteiger partial charge >= 0.3 is 5.69 Å². The summed E-state index contributed by atoms with van der Waals surface area (Å²) in [5.74, 6) is -0.507. The number of aromatic amines is 1. The van der Waals surface area contributed by atoms with Crippen LogP contribution in [0.2, 0.25) is 5.02 Å². The number of hydrogen-bond acceptors (Lipinski definition) is 7. The number of methoxy groups -OCH3 is 1. The summed E-state index contributed by atoms with van der Waals surface area (Å²) in [6.07, 6.45) is 0. The first kappa shape index (κ1) is 23.7. The Balaban J connectivity index is 2.04. The largest absolute Gasteiger partial charge is 0.383 e. The Morgan fingerprint density at radius 1 is 1.31 bits per heavy atom. The van der Waals surface area contributed by atoms with E-state index >= 15 is 0 Å². The summed E-state index contributed by atoms with van der Waals surface area (Å²) in [6.45, 7) is 4.33. The van der Waals surface area contributed by atoms with Crippen LogP contribution in [-0.2, 0) is 11.3 Å². The number of nitrogens with one attached hydrogen (secondary N) is 1. The summed E-state index contributed by atoms with van der Waals surface area (Å²) in [6, 6.07) is 7.09. The highest BCUT2D eigenvalue weighted by molar-refractivity contribution is 7.13. The summed E-state index contributed by atoms with van der Waals surface area (Å²) in [4.78, 5) is 46.2. The van der Waals surface area contributed by atoms with Crippen molar-refractivity contribution >= 4 is 40.4 Å². The van der Waals surface area contributed by atoms with Gasteiger partial charge in [-0.2, -0.15) is 0 Å². The molecule has 0 aliphatic rings. The van der Waals surface area contributed by atoms with Crippen LogP contribution in [0.5, 0.6) is 0 Å². The molecule has 170 valence electrons. The third kappa shape index (κ3) is 5.09. The molecule has 3 rings (SSSR count). The van der Waals surface area contributed by atoms with Crippen LogP contribution in [-0.4, -0.2) is 40.7 Å². The minimum Gasteiger partial charge on any atom is -0.383 e. The molecule has 0 atom stereocenters. The lowest BCUT2D eigenvalue weighted by Crippen LogP contribution is -2.43. The lowest BCUT2D eigenvalue weighted by molar-refractivity contribution is 0.0971. The number of carbonyl (C=O) groups excluding carboxylic acids is 1. The molecule has 0 fully saturated rings. The Bertz CT molecular complexity index is 1220. The van der Waals surface area contributed by atoms with Crippen LogP contribution >= 0.6 is 22.9 Å². The molecule has 0 spiro atoms. The van der Waals surface area contributed by atoms with E-state index in [0.29, 0.717) is 10.0 Å².